The van der Waals surface area contributed by atoms with Crippen LogP contribution in [0, 0.1) is 5.92 Å². The second-order valence-electron chi connectivity index (χ2n) is 8.71. The Labute approximate surface area is 167 Å². The Morgan fingerprint density at radius 2 is 0.846 bits per heavy atom. The monoisotopic (exact) mass is 367 g/mol. The topological polar surface area (TPSA) is 26.0 Å². The van der Waals surface area contributed by atoms with Crippen molar-refractivity contribution in [3.05, 3.63) is 0 Å². The van der Waals surface area contributed by atoms with Gasteiger partial charge in [0.25, 0.3) is 0 Å². The third kappa shape index (κ3) is 17.4. The van der Waals surface area contributed by atoms with Crippen molar-refractivity contribution < 1.29 is 0 Å². The lowest BCUT2D eigenvalue weighted by Gasteiger charge is -2.22. The largest absolute Gasteiger partial charge is 0.327 e. The number of hydrogen-bond donors (Lipinski definition) is 1. The van der Waals surface area contributed by atoms with Crippen molar-refractivity contribution in [2.75, 3.05) is 0 Å². The Hall–Kier alpha value is -0.0400. The molecule has 0 aliphatic rings. The Morgan fingerprint density at radius 1 is 0.462 bits per heavy atom. The van der Waals surface area contributed by atoms with Gasteiger partial charge in [-0.15, -0.1) is 0 Å². The summed E-state index contributed by atoms with van der Waals surface area (Å²) in [6.45, 7) is 6.89. The van der Waals surface area contributed by atoms with Gasteiger partial charge in [0.2, 0.25) is 0 Å². The van der Waals surface area contributed by atoms with Gasteiger partial charge in [0.05, 0.1) is 0 Å². The van der Waals surface area contributed by atoms with Gasteiger partial charge in [-0.05, 0) is 18.8 Å². The third-order valence-electron chi connectivity index (χ3n) is 6.20. The standard InChI is InChI=1S/C25H53N/c1-4-7-9-10-11-12-13-14-15-16-17-18-19-20-21-23-25(26)24(6-3)22-8-5-2/h24-25H,4-23,26H2,1-3H3. The zero-order chi connectivity index (χ0) is 19.3. The summed E-state index contributed by atoms with van der Waals surface area (Å²) in [6.07, 6.45) is 28.1. The molecule has 1 heteroatoms. The van der Waals surface area contributed by atoms with E-state index >= 15 is 0 Å². The molecule has 0 saturated heterocycles. The average Bonchev–Trinajstić information content (AvgIpc) is 2.65. The molecule has 0 heterocycles. The van der Waals surface area contributed by atoms with Gasteiger partial charge in [-0.3, -0.25) is 0 Å². The van der Waals surface area contributed by atoms with Gasteiger partial charge in [0.1, 0.15) is 0 Å². The Bertz CT molecular complexity index is 251. The molecule has 0 fully saturated rings. The number of unbranched alkanes of at least 4 members (excludes halogenated alkanes) is 15. The normalized spacial score (nSPS) is 13.8. The van der Waals surface area contributed by atoms with Crippen LogP contribution in [0.15, 0.2) is 0 Å². The molecule has 1 nitrogen and oxygen atoms in total. The van der Waals surface area contributed by atoms with E-state index < -0.39 is 0 Å². The zero-order valence-corrected chi connectivity index (χ0v) is 18.9. The summed E-state index contributed by atoms with van der Waals surface area (Å²) in [5.41, 5.74) is 6.42. The van der Waals surface area contributed by atoms with Gasteiger partial charge in [0.15, 0.2) is 0 Å². The molecule has 0 aromatic rings. The molecule has 0 spiro atoms. The summed E-state index contributed by atoms with van der Waals surface area (Å²) in [5.74, 6) is 0.765. The molecule has 26 heavy (non-hydrogen) atoms. The summed E-state index contributed by atoms with van der Waals surface area (Å²) < 4.78 is 0. The molecule has 2 unspecified atom stereocenters. The fourth-order valence-corrected chi connectivity index (χ4v) is 4.17. The first kappa shape index (κ1) is 26.0. The van der Waals surface area contributed by atoms with Crippen LogP contribution in [0.4, 0.5) is 0 Å². The van der Waals surface area contributed by atoms with E-state index in [1.807, 2.05) is 0 Å². The zero-order valence-electron chi connectivity index (χ0n) is 18.9. The molecule has 0 rings (SSSR count). The molecule has 0 aromatic carbocycles. The van der Waals surface area contributed by atoms with E-state index in [2.05, 4.69) is 20.8 Å². The van der Waals surface area contributed by atoms with Crippen LogP contribution in [0.1, 0.15) is 149 Å². The lowest BCUT2D eigenvalue weighted by molar-refractivity contribution is 0.346. The van der Waals surface area contributed by atoms with E-state index in [0.29, 0.717) is 6.04 Å². The highest BCUT2D eigenvalue weighted by Crippen LogP contribution is 2.20. The van der Waals surface area contributed by atoms with Crippen molar-refractivity contribution in [3.63, 3.8) is 0 Å². The molecular formula is C25H53N. The quantitative estimate of drug-likeness (QED) is 0.201. The van der Waals surface area contributed by atoms with E-state index in [0.717, 1.165) is 5.92 Å². The smallest absolute Gasteiger partial charge is 0.00670 e. The van der Waals surface area contributed by atoms with Crippen LogP contribution < -0.4 is 5.73 Å². The molecule has 2 N–H and O–H groups in total. The van der Waals surface area contributed by atoms with E-state index in [1.165, 1.54) is 128 Å². The third-order valence-corrected chi connectivity index (χ3v) is 6.20. The van der Waals surface area contributed by atoms with Crippen molar-refractivity contribution in [1.29, 1.82) is 0 Å². The lowest BCUT2D eigenvalue weighted by Crippen LogP contribution is -2.29. The molecule has 0 bridgehead atoms. The van der Waals surface area contributed by atoms with Crippen LogP contribution in [0.2, 0.25) is 0 Å². The Morgan fingerprint density at radius 3 is 1.23 bits per heavy atom. The molecule has 0 aromatic heterocycles. The van der Waals surface area contributed by atoms with E-state index in [9.17, 15) is 0 Å². The molecular weight excluding hydrogens is 314 g/mol. The van der Waals surface area contributed by atoms with Crippen molar-refractivity contribution in [2.45, 2.75) is 155 Å². The molecule has 158 valence electrons. The number of rotatable bonds is 21. The van der Waals surface area contributed by atoms with E-state index in [4.69, 9.17) is 5.73 Å². The fraction of sp³-hybridized carbons (Fsp3) is 1.00. The van der Waals surface area contributed by atoms with Crippen LogP contribution in [-0.4, -0.2) is 6.04 Å². The molecule has 2 atom stereocenters. The summed E-state index contributed by atoms with van der Waals surface area (Å²) in [7, 11) is 0. The minimum atomic E-state index is 0.452. The lowest BCUT2D eigenvalue weighted by atomic mass is 9.88. The van der Waals surface area contributed by atoms with Crippen molar-refractivity contribution in [2.24, 2.45) is 11.7 Å². The van der Waals surface area contributed by atoms with Gasteiger partial charge in [-0.2, -0.15) is 0 Å². The highest BCUT2D eigenvalue weighted by Gasteiger charge is 2.14. The maximum absolute atomic E-state index is 6.42. The number of nitrogens with two attached hydrogens (primary N) is 1. The van der Waals surface area contributed by atoms with Gasteiger partial charge in [0, 0.05) is 6.04 Å². The predicted octanol–water partition coefficient (Wildman–Crippen LogP) is 8.79. The summed E-state index contributed by atoms with van der Waals surface area (Å²) in [5, 5.41) is 0. The Kier molecular flexibility index (Phi) is 21.2. The van der Waals surface area contributed by atoms with Crippen LogP contribution in [-0.2, 0) is 0 Å². The van der Waals surface area contributed by atoms with Crippen LogP contribution in [0.5, 0.6) is 0 Å². The maximum Gasteiger partial charge on any atom is 0.00670 e. The first-order valence-corrected chi connectivity index (χ1v) is 12.5. The predicted molar refractivity (Wildman–Crippen MR) is 121 cm³/mol. The summed E-state index contributed by atoms with van der Waals surface area (Å²) in [6, 6.07) is 0.452. The molecule has 0 aliphatic heterocycles. The summed E-state index contributed by atoms with van der Waals surface area (Å²) >= 11 is 0. The summed E-state index contributed by atoms with van der Waals surface area (Å²) in [4.78, 5) is 0. The van der Waals surface area contributed by atoms with Crippen molar-refractivity contribution >= 4 is 0 Å². The first-order chi connectivity index (χ1) is 12.8. The molecule has 0 saturated carbocycles. The van der Waals surface area contributed by atoms with Crippen LogP contribution in [0.25, 0.3) is 0 Å². The van der Waals surface area contributed by atoms with Crippen LogP contribution in [0.3, 0.4) is 0 Å². The SMILES string of the molecule is CCCCCCCCCCCCCCCCCC(N)C(CC)CCCC. The van der Waals surface area contributed by atoms with E-state index in [1.54, 1.807) is 0 Å². The second-order valence-corrected chi connectivity index (χ2v) is 8.71. The van der Waals surface area contributed by atoms with Crippen LogP contribution >= 0.6 is 0 Å². The minimum absolute atomic E-state index is 0.452. The van der Waals surface area contributed by atoms with Gasteiger partial charge >= 0.3 is 0 Å². The maximum atomic E-state index is 6.42. The molecule has 0 aliphatic carbocycles. The molecule has 0 radical (unpaired) electrons. The molecule has 0 amide bonds. The Balaban J connectivity index is 3.26. The van der Waals surface area contributed by atoms with Gasteiger partial charge < -0.3 is 5.73 Å². The second kappa shape index (κ2) is 21.3. The van der Waals surface area contributed by atoms with E-state index in [-0.39, 0.29) is 0 Å². The fourth-order valence-electron chi connectivity index (χ4n) is 4.17. The van der Waals surface area contributed by atoms with Crippen molar-refractivity contribution in [3.8, 4) is 0 Å². The minimum Gasteiger partial charge on any atom is -0.327 e. The highest BCUT2D eigenvalue weighted by molar-refractivity contribution is 4.72. The number of hydrogen-bond acceptors (Lipinski definition) is 1. The van der Waals surface area contributed by atoms with Gasteiger partial charge in [-0.1, -0.05) is 136 Å². The first-order valence-electron chi connectivity index (χ1n) is 12.5. The average molecular weight is 368 g/mol. The van der Waals surface area contributed by atoms with Crippen molar-refractivity contribution in [1.82, 2.24) is 0 Å². The highest BCUT2D eigenvalue weighted by atomic mass is 14.6. The van der Waals surface area contributed by atoms with Gasteiger partial charge in [-0.25, -0.2) is 0 Å².